The Hall–Kier alpha value is -0.520. The van der Waals surface area contributed by atoms with Crippen LogP contribution in [0.25, 0.3) is 0 Å². The molecule has 0 spiro atoms. The van der Waals surface area contributed by atoms with E-state index in [1.54, 1.807) is 0 Å². The highest BCUT2D eigenvalue weighted by Gasteiger charge is 1.88. The van der Waals surface area contributed by atoms with E-state index in [-0.39, 0.29) is 0 Å². The van der Waals surface area contributed by atoms with E-state index in [2.05, 4.69) is 38.7 Å². The van der Waals surface area contributed by atoms with Gasteiger partial charge in [0, 0.05) is 0 Å². The summed E-state index contributed by atoms with van der Waals surface area (Å²) in [7, 11) is 0. The quantitative estimate of drug-likeness (QED) is 0.504. The van der Waals surface area contributed by atoms with E-state index in [0.29, 0.717) is 5.92 Å². The molecule has 0 aliphatic carbocycles. The largest absolute Gasteiger partial charge is 0.0953 e. The van der Waals surface area contributed by atoms with Gasteiger partial charge in [-0.05, 0) is 24.8 Å². The Labute approximate surface area is 58.3 Å². The topological polar surface area (TPSA) is 0 Å². The Balaban J connectivity index is 3.25. The predicted molar refractivity (Wildman–Crippen MR) is 42.1 cm³/mol. The molecule has 0 amide bonds. The van der Waals surface area contributed by atoms with E-state index in [4.69, 9.17) is 0 Å². The normalized spacial score (nSPS) is 14.0. The van der Waals surface area contributed by atoms with Crippen molar-refractivity contribution in [3.63, 3.8) is 0 Å². The van der Waals surface area contributed by atoms with E-state index >= 15 is 0 Å². The van der Waals surface area contributed by atoms with Crippen molar-refractivity contribution < 1.29 is 0 Å². The first-order valence-electron chi connectivity index (χ1n) is 3.48. The summed E-state index contributed by atoms with van der Waals surface area (Å²) < 4.78 is 0. The average molecular weight is 123 g/mol. The number of hydrogen-bond donors (Lipinski definition) is 0. The standard InChI is InChI=1S/C9H15/c1-4-6-7-8-9(3)5-2/h6-7,9H,2,4,8H2,1,3H3/b7-6+. The molecule has 0 aliphatic rings. The Kier molecular flexibility index (Phi) is 5.29. The third-order valence-electron chi connectivity index (χ3n) is 1.24. The highest BCUT2D eigenvalue weighted by Crippen LogP contribution is 2.01. The second-order valence-electron chi connectivity index (χ2n) is 2.22. The van der Waals surface area contributed by atoms with Crippen molar-refractivity contribution in [2.24, 2.45) is 5.92 Å². The predicted octanol–water partition coefficient (Wildman–Crippen LogP) is 2.97. The van der Waals surface area contributed by atoms with Crippen LogP contribution in [0, 0.1) is 12.0 Å². The van der Waals surface area contributed by atoms with Gasteiger partial charge >= 0.3 is 0 Å². The molecule has 1 atom stereocenters. The van der Waals surface area contributed by atoms with Gasteiger partial charge in [0.1, 0.15) is 0 Å². The number of allylic oxidation sites excluding steroid dienone is 3. The van der Waals surface area contributed by atoms with E-state index in [9.17, 15) is 0 Å². The van der Waals surface area contributed by atoms with Gasteiger partial charge in [0.05, 0.1) is 0 Å². The van der Waals surface area contributed by atoms with Crippen LogP contribution in [0.4, 0.5) is 0 Å². The SMILES string of the molecule is C=[C]C(C)C/C=C/CC. The Morgan fingerprint density at radius 1 is 1.56 bits per heavy atom. The van der Waals surface area contributed by atoms with E-state index < -0.39 is 0 Å². The van der Waals surface area contributed by atoms with Gasteiger partial charge in [-0.15, -0.1) is 0 Å². The molecule has 0 saturated heterocycles. The molecule has 0 N–H and O–H groups in total. The molecule has 0 heterocycles. The molecule has 0 saturated carbocycles. The van der Waals surface area contributed by atoms with Crippen LogP contribution < -0.4 is 0 Å². The van der Waals surface area contributed by atoms with E-state index in [1.807, 2.05) is 0 Å². The molecule has 0 aromatic heterocycles. The van der Waals surface area contributed by atoms with Crippen molar-refractivity contribution in [2.45, 2.75) is 26.7 Å². The summed E-state index contributed by atoms with van der Waals surface area (Å²) in [6, 6.07) is 0. The van der Waals surface area contributed by atoms with Crippen molar-refractivity contribution in [3.05, 3.63) is 24.8 Å². The minimum absolute atomic E-state index is 0.507. The first-order chi connectivity index (χ1) is 4.31. The minimum atomic E-state index is 0.507. The molecule has 1 unspecified atom stereocenters. The lowest BCUT2D eigenvalue weighted by atomic mass is 10.1. The van der Waals surface area contributed by atoms with Crippen molar-refractivity contribution in [1.29, 1.82) is 0 Å². The fourth-order valence-corrected chi connectivity index (χ4v) is 0.550. The van der Waals surface area contributed by atoms with Crippen LogP contribution >= 0.6 is 0 Å². The third-order valence-corrected chi connectivity index (χ3v) is 1.24. The minimum Gasteiger partial charge on any atom is -0.0953 e. The van der Waals surface area contributed by atoms with E-state index in [1.165, 1.54) is 0 Å². The van der Waals surface area contributed by atoms with E-state index in [0.717, 1.165) is 12.8 Å². The first-order valence-corrected chi connectivity index (χ1v) is 3.48. The maximum Gasteiger partial charge on any atom is -0.0159 e. The second kappa shape index (κ2) is 5.61. The molecule has 1 radical (unpaired) electrons. The highest BCUT2D eigenvalue weighted by molar-refractivity contribution is 4.84. The highest BCUT2D eigenvalue weighted by atomic mass is 13.9. The first kappa shape index (κ1) is 8.48. The fourth-order valence-electron chi connectivity index (χ4n) is 0.550. The van der Waals surface area contributed by atoms with Gasteiger partial charge in [0.15, 0.2) is 0 Å². The summed E-state index contributed by atoms with van der Waals surface area (Å²) >= 11 is 0. The molecule has 0 aromatic carbocycles. The van der Waals surface area contributed by atoms with Gasteiger partial charge in [0.2, 0.25) is 0 Å². The van der Waals surface area contributed by atoms with Gasteiger partial charge in [-0.25, -0.2) is 0 Å². The molecule has 0 aromatic rings. The van der Waals surface area contributed by atoms with Crippen molar-refractivity contribution in [1.82, 2.24) is 0 Å². The Morgan fingerprint density at radius 3 is 2.67 bits per heavy atom. The summed E-state index contributed by atoms with van der Waals surface area (Å²) in [5.74, 6) is 0.507. The fraction of sp³-hybridized carbons (Fsp3) is 0.556. The maximum atomic E-state index is 3.58. The van der Waals surface area contributed by atoms with Crippen LogP contribution in [0.3, 0.4) is 0 Å². The number of hydrogen-bond acceptors (Lipinski definition) is 0. The van der Waals surface area contributed by atoms with Gasteiger partial charge in [-0.3, -0.25) is 0 Å². The molecule has 0 fully saturated rings. The summed E-state index contributed by atoms with van der Waals surface area (Å²) in [5.41, 5.74) is 0. The summed E-state index contributed by atoms with van der Waals surface area (Å²) in [6.45, 7) is 7.84. The second-order valence-corrected chi connectivity index (χ2v) is 2.22. The van der Waals surface area contributed by atoms with Crippen LogP contribution in [0.2, 0.25) is 0 Å². The Bertz CT molecular complexity index is 90.2. The lowest BCUT2D eigenvalue weighted by Gasteiger charge is -1.96. The van der Waals surface area contributed by atoms with Gasteiger partial charge in [-0.2, -0.15) is 0 Å². The zero-order valence-corrected chi connectivity index (χ0v) is 6.35. The molecular formula is C9H15. The van der Waals surface area contributed by atoms with Crippen LogP contribution in [-0.4, -0.2) is 0 Å². The third kappa shape index (κ3) is 5.35. The molecule has 9 heavy (non-hydrogen) atoms. The molecule has 0 rings (SSSR count). The smallest absolute Gasteiger partial charge is 0.0159 e. The van der Waals surface area contributed by atoms with Crippen molar-refractivity contribution in [2.75, 3.05) is 0 Å². The van der Waals surface area contributed by atoms with Crippen LogP contribution in [0.5, 0.6) is 0 Å². The molecule has 0 nitrogen and oxygen atoms in total. The lowest BCUT2D eigenvalue weighted by molar-refractivity contribution is 0.724. The zero-order chi connectivity index (χ0) is 7.11. The molecular weight excluding hydrogens is 108 g/mol. The van der Waals surface area contributed by atoms with Gasteiger partial charge < -0.3 is 0 Å². The summed E-state index contributed by atoms with van der Waals surface area (Å²) in [6.07, 6.45) is 9.49. The monoisotopic (exact) mass is 123 g/mol. The zero-order valence-electron chi connectivity index (χ0n) is 6.35. The molecule has 0 bridgehead atoms. The molecule has 0 heteroatoms. The van der Waals surface area contributed by atoms with Gasteiger partial charge in [0.25, 0.3) is 0 Å². The van der Waals surface area contributed by atoms with Gasteiger partial charge in [-0.1, -0.05) is 32.6 Å². The van der Waals surface area contributed by atoms with Crippen LogP contribution in [0.1, 0.15) is 26.7 Å². The Morgan fingerprint density at radius 2 is 2.22 bits per heavy atom. The van der Waals surface area contributed by atoms with Crippen LogP contribution in [-0.2, 0) is 0 Å². The lowest BCUT2D eigenvalue weighted by Crippen LogP contribution is -1.84. The number of rotatable bonds is 4. The van der Waals surface area contributed by atoms with Crippen molar-refractivity contribution in [3.8, 4) is 0 Å². The summed E-state index contributed by atoms with van der Waals surface area (Å²) in [5, 5.41) is 0. The van der Waals surface area contributed by atoms with Crippen molar-refractivity contribution >= 4 is 0 Å². The maximum absolute atomic E-state index is 3.58. The average Bonchev–Trinajstić information content (AvgIpc) is 1.89. The van der Waals surface area contributed by atoms with Crippen LogP contribution in [0.15, 0.2) is 18.7 Å². The molecule has 0 aliphatic heterocycles. The summed E-state index contributed by atoms with van der Waals surface area (Å²) in [4.78, 5) is 0. The molecule has 51 valence electrons.